The molecule has 2 aromatic heterocycles. The lowest BCUT2D eigenvalue weighted by molar-refractivity contribution is 0.0951. The Balaban J connectivity index is 1.65. The van der Waals surface area contributed by atoms with Gasteiger partial charge in [-0.1, -0.05) is 28.1 Å². The van der Waals surface area contributed by atoms with Crippen molar-refractivity contribution >= 4 is 33.2 Å². The van der Waals surface area contributed by atoms with Crippen LogP contribution < -0.4 is 10.9 Å². The topological polar surface area (TPSA) is 64.0 Å². The summed E-state index contributed by atoms with van der Waals surface area (Å²) in [6.45, 7) is 0.643. The molecule has 0 unspecified atom stereocenters. The predicted octanol–water partition coefficient (Wildman–Crippen LogP) is 3.16. The monoisotopic (exact) mass is 403 g/mol. The molecule has 0 aliphatic carbocycles. The van der Waals surface area contributed by atoms with Gasteiger partial charge >= 0.3 is 0 Å². The third kappa shape index (κ3) is 3.98. The Morgan fingerprint density at radius 3 is 2.83 bits per heavy atom. The number of carbonyl (C=O) groups excluding carboxylic acids is 1. The minimum Gasteiger partial charge on any atom is -0.350 e. The zero-order valence-electron chi connectivity index (χ0n) is 12.6. The normalized spacial score (nSPS) is 10.5. The summed E-state index contributed by atoms with van der Waals surface area (Å²) in [6.07, 6.45) is 0. The van der Waals surface area contributed by atoms with E-state index in [4.69, 9.17) is 0 Å². The van der Waals surface area contributed by atoms with Gasteiger partial charge in [-0.15, -0.1) is 11.3 Å². The lowest BCUT2D eigenvalue weighted by Crippen LogP contribution is -2.31. The van der Waals surface area contributed by atoms with Crippen molar-refractivity contribution in [3.05, 3.63) is 74.3 Å². The Labute approximate surface area is 151 Å². The van der Waals surface area contributed by atoms with Crippen LogP contribution in [0.3, 0.4) is 0 Å². The van der Waals surface area contributed by atoms with Crippen LogP contribution in [0.2, 0.25) is 0 Å². The van der Waals surface area contributed by atoms with Gasteiger partial charge in [0.05, 0.1) is 11.4 Å². The molecular weight excluding hydrogens is 390 g/mol. The van der Waals surface area contributed by atoms with Gasteiger partial charge in [-0.25, -0.2) is 4.68 Å². The molecule has 0 saturated heterocycles. The maximum atomic E-state index is 12.1. The lowest BCUT2D eigenvalue weighted by atomic mass is 10.2. The average Bonchev–Trinajstić information content (AvgIpc) is 3.11. The molecule has 0 aliphatic rings. The molecule has 0 spiro atoms. The Morgan fingerprint density at radius 1 is 1.21 bits per heavy atom. The third-order valence-corrected chi connectivity index (χ3v) is 4.72. The van der Waals surface area contributed by atoms with Crippen LogP contribution in [0.15, 0.2) is 63.2 Å². The molecule has 1 N–H and O–H groups in total. The van der Waals surface area contributed by atoms with Crippen molar-refractivity contribution in [1.82, 2.24) is 15.1 Å². The van der Waals surface area contributed by atoms with Gasteiger partial charge in [0.1, 0.15) is 5.69 Å². The van der Waals surface area contributed by atoms with Crippen molar-refractivity contribution in [2.45, 2.75) is 6.54 Å². The highest BCUT2D eigenvalue weighted by Gasteiger charge is 2.07. The minimum atomic E-state index is -0.188. The molecular formula is C17H14BrN3O2S. The number of halogens is 1. The molecule has 0 fully saturated rings. The van der Waals surface area contributed by atoms with Crippen LogP contribution in [0.1, 0.15) is 10.4 Å². The molecule has 0 saturated carbocycles. The third-order valence-electron chi connectivity index (χ3n) is 3.34. The molecule has 0 radical (unpaired) electrons. The Morgan fingerprint density at radius 2 is 2.08 bits per heavy atom. The van der Waals surface area contributed by atoms with Gasteiger partial charge in [-0.2, -0.15) is 5.10 Å². The number of carbonyl (C=O) groups is 1. The fourth-order valence-corrected chi connectivity index (χ4v) is 3.26. The largest absolute Gasteiger partial charge is 0.350 e. The van der Waals surface area contributed by atoms with Crippen LogP contribution in [0.25, 0.3) is 10.6 Å². The SMILES string of the molecule is O=C(NCCn1nc(-c2cccs2)ccc1=O)c1cccc(Br)c1. The van der Waals surface area contributed by atoms with Crippen LogP contribution in [0.4, 0.5) is 0 Å². The number of rotatable bonds is 5. The smallest absolute Gasteiger partial charge is 0.266 e. The van der Waals surface area contributed by atoms with E-state index >= 15 is 0 Å². The van der Waals surface area contributed by atoms with Crippen molar-refractivity contribution in [2.75, 3.05) is 6.54 Å². The first kappa shape index (κ1) is 16.6. The number of aromatic nitrogens is 2. The molecule has 3 aromatic rings. The lowest BCUT2D eigenvalue weighted by Gasteiger charge is -2.08. The number of thiophene rings is 1. The number of nitrogens with one attached hydrogen (secondary N) is 1. The second kappa shape index (κ2) is 7.55. The fraction of sp³-hybridized carbons (Fsp3) is 0.118. The highest BCUT2D eigenvalue weighted by molar-refractivity contribution is 9.10. The van der Waals surface area contributed by atoms with E-state index in [9.17, 15) is 9.59 Å². The van der Waals surface area contributed by atoms with Gasteiger partial charge in [-0.05, 0) is 35.7 Å². The minimum absolute atomic E-state index is 0.182. The van der Waals surface area contributed by atoms with Crippen LogP contribution in [-0.2, 0) is 6.54 Å². The summed E-state index contributed by atoms with van der Waals surface area (Å²) in [5.74, 6) is -0.182. The van der Waals surface area contributed by atoms with E-state index in [1.165, 1.54) is 10.7 Å². The maximum Gasteiger partial charge on any atom is 0.266 e. The van der Waals surface area contributed by atoms with Gasteiger partial charge in [-0.3, -0.25) is 9.59 Å². The first-order valence-corrected chi connectivity index (χ1v) is 8.96. The van der Waals surface area contributed by atoms with Gasteiger partial charge < -0.3 is 5.32 Å². The summed E-state index contributed by atoms with van der Waals surface area (Å²) in [7, 11) is 0. The molecule has 0 atom stereocenters. The summed E-state index contributed by atoms with van der Waals surface area (Å²) in [4.78, 5) is 25.0. The Hall–Kier alpha value is -2.25. The molecule has 1 aromatic carbocycles. The average molecular weight is 404 g/mol. The van der Waals surface area contributed by atoms with Crippen molar-refractivity contribution in [3.63, 3.8) is 0 Å². The Kier molecular flexibility index (Phi) is 5.22. The van der Waals surface area contributed by atoms with Gasteiger partial charge in [0.25, 0.3) is 11.5 Å². The second-order valence-corrected chi connectivity index (χ2v) is 6.89. The van der Waals surface area contributed by atoms with E-state index in [1.807, 2.05) is 23.6 Å². The summed E-state index contributed by atoms with van der Waals surface area (Å²) < 4.78 is 2.22. The predicted molar refractivity (Wildman–Crippen MR) is 98.3 cm³/mol. The van der Waals surface area contributed by atoms with Crippen molar-refractivity contribution in [2.24, 2.45) is 0 Å². The van der Waals surface area contributed by atoms with Crippen molar-refractivity contribution in [1.29, 1.82) is 0 Å². The van der Waals surface area contributed by atoms with E-state index in [1.54, 1.807) is 35.6 Å². The van der Waals surface area contributed by atoms with E-state index in [2.05, 4.69) is 26.3 Å². The number of nitrogens with zero attached hydrogens (tertiary/aromatic N) is 2. The molecule has 1 amide bonds. The first-order chi connectivity index (χ1) is 11.6. The van der Waals surface area contributed by atoms with Crippen LogP contribution in [-0.4, -0.2) is 22.2 Å². The van der Waals surface area contributed by atoms with Crippen LogP contribution >= 0.6 is 27.3 Å². The van der Waals surface area contributed by atoms with Crippen molar-refractivity contribution in [3.8, 4) is 10.6 Å². The number of benzene rings is 1. The number of hydrogen-bond donors (Lipinski definition) is 1. The zero-order valence-corrected chi connectivity index (χ0v) is 15.0. The highest BCUT2D eigenvalue weighted by Crippen LogP contribution is 2.20. The highest BCUT2D eigenvalue weighted by atomic mass is 79.9. The maximum absolute atomic E-state index is 12.1. The van der Waals surface area contributed by atoms with Crippen LogP contribution in [0.5, 0.6) is 0 Å². The number of hydrogen-bond acceptors (Lipinski definition) is 4. The standard InChI is InChI=1S/C17H14BrN3O2S/c18-13-4-1-3-12(11-13)17(23)19-8-9-21-16(22)7-6-14(20-21)15-5-2-10-24-15/h1-7,10-11H,8-9H2,(H,19,23). The van der Waals surface area contributed by atoms with E-state index in [0.717, 1.165) is 15.0 Å². The van der Waals surface area contributed by atoms with Gasteiger partial charge in [0, 0.05) is 22.6 Å². The van der Waals surface area contributed by atoms with Crippen LogP contribution in [0, 0.1) is 0 Å². The molecule has 24 heavy (non-hydrogen) atoms. The van der Waals surface area contributed by atoms with Crippen molar-refractivity contribution < 1.29 is 4.79 Å². The quantitative estimate of drug-likeness (QED) is 0.711. The summed E-state index contributed by atoms with van der Waals surface area (Å²) >= 11 is 4.90. The zero-order chi connectivity index (χ0) is 16.9. The molecule has 3 rings (SSSR count). The summed E-state index contributed by atoms with van der Waals surface area (Å²) in [6, 6.07) is 14.3. The molecule has 5 nitrogen and oxygen atoms in total. The van der Waals surface area contributed by atoms with E-state index < -0.39 is 0 Å². The molecule has 7 heteroatoms. The second-order valence-electron chi connectivity index (χ2n) is 5.02. The Bertz CT molecular complexity index is 906. The fourth-order valence-electron chi connectivity index (χ4n) is 2.17. The molecule has 0 aliphatic heterocycles. The van der Waals surface area contributed by atoms with E-state index in [0.29, 0.717) is 18.7 Å². The first-order valence-electron chi connectivity index (χ1n) is 7.29. The molecule has 122 valence electrons. The molecule has 2 heterocycles. The summed E-state index contributed by atoms with van der Waals surface area (Å²) in [5, 5.41) is 9.12. The van der Waals surface area contributed by atoms with E-state index in [-0.39, 0.29) is 11.5 Å². The summed E-state index contributed by atoms with van der Waals surface area (Å²) in [5.41, 5.74) is 1.13. The number of amides is 1. The van der Waals surface area contributed by atoms with Gasteiger partial charge in [0.15, 0.2) is 0 Å². The van der Waals surface area contributed by atoms with Gasteiger partial charge in [0.2, 0.25) is 0 Å². The molecule has 0 bridgehead atoms.